The molecule has 0 unspecified atom stereocenters. The van der Waals surface area contributed by atoms with Crippen LogP contribution in [-0.4, -0.2) is 18.4 Å². The lowest BCUT2D eigenvalue weighted by atomic mass is 10.1. The number of carbonyl (C=O) groups is 2. The quantitative estimate of drug-likeness (QED) is 0.841. The van der Waals surface area contributed by atoms with E-state index >= 15 is 0 Å². The Morgan fingerprint density at radius 2 is 1.75 bits per heavy atom. The number of halogens is 1. The number of urea groups is 1. The number of nitrogens with one attached hydrogen (secondary N) is 2. The number of hydrogen-bond acceptors (Lipinski definition) is 2. The van der Waals surface area contributed by atoms with Crippen LogP contribution in [0.3, 0.4) is 0 Å². The second-order valence-electron chi connectivity index (χ2n) is 4.11. The maximum atomic E-state index is 12.9. The van der Waals surface area contributed by atoms with Crippen molar-refractivity contribution in [2.24, 2.45) is 0 Å². The first kappa shape index (κ1) is 13.7. The fraction of sp³-hybridized carbons (Fsp3) is 0.0667. The first-order chi connectivity index (χ1) is 9.65. The molecule has 2 aromatic rings. The van der Waals surface area contributed by atoms with E-state index in [1.54, 1.807) is 36.4 Å². The molecule has 2 N–H and O–H groups in total. The van der Waals surface area contributed by atoms with E-state index in [9.17, 15) is 14.0 Å². The third kappa shape index (κ3) is 3.91. The van der Waals surface area contributed by atoms with Gasteiger partial charge < -0.3 is 10.6 Å². The molecule has 2 rings (SSSR count). The summed E-state index contributed by atoms with van der Waals surface area (Å²) < 4.78 is 12.9. The zero-order valence-corrected chi connectivity index (χ0v) is 10.6. The molecule has 4 nitrogen and oxygen atoms in total. The van der Waals surface area contributed by atoms with Crippen LogP contribution in [0.15, 0.2) is 54.6 Å². The maximum absolute atomic E-state index is 12.9. The Morgan fingerprint density at radius 3 is 2.45 bits per heavy atom. The first-order valence-corrected chi connectivity index (χ1v) is 6.04. The van der Waals surface area contributed by atoms with Crippen molar-refractivity contribution in [2.75, 3.05) is 11.9 Å². The van der Waals surface area contributed by atoms with Gasteiger partial charge in [0.05, 0.1) is 6.54 Å². The number of amides is 2. The molecular formula is C15H13FN2O2. The number of benzene rings is 2. The molecule has 0 saturated heterocycles. The largest absolute Gasteiger partial charge is 0.330 e. The zero-order chi connectivity index (χ0) is 14.4. The van der Waals surface area contributed by atoms with Crippen LogP contribution in [0.5, 0.6) is 0 Å². The molecule has 0 radical (unpaired) electrons. The van der Waals surface area contributed by atoms with E-state index in [1.807, 2.05) is 0 Å². The Hall–Kier alpha value is -2.69. The standard InChI is InChI=1S/C15H13FN2O2/c16-12-7-4-8-13(9-12)18-15(20)17-10-14(19)11-5-2-1-3-6-11/h1-9H,10H2,(H2,17,18,20). The van der Waals surface area contributed by atoms with Crippen LogP contribution in [0.1, 0.15) is 10.4 Å². The van der Waals surface area contributed by atoms with E-state index in [0.29, 0.717) is 11.3 Å². The molecular weight excluding hydrogens is 259 g/mol. The molecule has 102 valence electrons. The molecule has 0 bridgehead atoms. The molecule has 0 aliphatic heterocycles. The second-order valence-corrected chi connectivity index (χ2v) is 4.11. The van der Waals surface area contributed by atoms with Crippen molar-refractivity contribution in [3.63, 3.8) is 0 Å². The van der Waals surface area contributed by atoms with Crippen LogP contribution in [0.2, 0.25) is 0 Å². The van der Waals surface area contributed by atoms with E-state index in [4.69, 9.17) is 0 Å². The van der Waals surface area contributed by atoms with Crippen LogP contribution in [0, 0.1) is 5.82 Å². The summed E-state index contributed by atoms with van der Waals surface area (Å²) in [6.45, 7) is -0.120. The molecule has 5 heteroatoms. The molecule has 0 atom stereocenters. The van der Waals surface area contributed by atoms with Crippen LogP contribution < -0.4 is 10.6 Å². The summed E-state index contributed by atoms with van der Waals surface area (Å²) in [6, 6.07) is 13.6. The lowest BCUT2D eigenvalue weighted by molar-refractivity contribution is 0.0993. The molecule has 2 aromatic carbocycles. The minimum atomic E-state index is -0.556. The summed E-state index contributed by atoms with van der Waals surface area (Å²) in [7, 11) is 0. The Bertz CT molecular complexity index is 614. The molecule has 0 spiro atoms. The van der Waals surface area contributed by atoms with Crippen molar-refractivity contribution in [3.05, 3.63) is 66.0 Å². The average Bonchev–Trinajstić information content (AvgIpc) is 2.46. The highest BCUT2D eigenvalue weighted by atomic mass is 19.1. The molecule has 0 heterocycles. The van der Waals surface area contributed by atoms with Gasteiger partial charge in [-0.05, 0) is 18.2 Å². The Balaban J connectivity index is 1.85. The Kier molecular flexibility index (Phi) is 4.44. The fourth-order valence-corrected chi connectivity index (χ4v) is 1.63. The van der Waals surface area contributed by atoms with Gasteiger partial charge >= 0.3 is 6.03 Å². The van der Waals surface area contributed by atoms with Crippen LogP contribution in [-0.2, 0) is 0 Å². The van der Waals surface area contributed by atoms with Crippen LogP contribution >= 0.6 is 0 Å². The van der Waals surface area contributed by atoms with Gasteiger partial charge in [-0.25, -0.2) is 9.18 Å². The van der Waals surface area contributed by atoms with Gasteiger partial charge in [0.2, 0.25) is 0 Å². The average molecular weight is 272 g/mol. The van der Waals surface area contributed by atoms with Crippen molar-refractivity contribution >= 4 is 17.5 Å². The summed E-state index contributed by atoms with van der Waals surface area (Å²) >= 11 is 0. The third-order valence-electron chi connectivity index (χ3n) is 2.59. The van der Waals surface area contributed by atoms with Crippen molar-refractivity contribution < 1.29 is 14.0 Å². The van der Waals surface area contributed by atoms with E-state index in [1.165, 1.54) is 18.2 Å². The zero-order valence-electron chi connectivity index (χ0n) is 10.6. The summed E-state index contributed by atoms with van der Waals surface area (Å²) in [5.41, 5.74) is 0.855. The van der Waals surface area contributed by atoms with Crippen molar-refractivity contribution in [1.82, 2.24) is 5.32 Å². The molecule has 20 heavy (non-hydrogen) atoms. The van der Waals surface area contributed by atoms with Gasteiger partial charge in [0.15, 0.2) is 5.78 Å². The van der Waals surface area contributed by atoms with E-state index < -0.39 is 11.8 Å². The first-order valence-electron chi connectivity index (χ1n) is 6.04. The van der Waals surface area contributed by atoms with Crippen molar-refractivity contribution in [3.8, 4) is 0 Å². The van der Waals surface area contributed by atoms with Crippen LogP contribution in [0.4, 0.5) is 14.9 Å². The molecule has 2 amide bonds. The number of ketones is 1. The van der Waals surface area contributed by atoms with Gasteiger partial charge in [-0.3, -0.25) is 4.79 Å². The topological polar surface area (TPSA) is 58.2 Å². The molecule has 0 saturated carbocycles. The number of Topliss-reactive ketones (excluding diaryl/α,β-unsaturated/α-hetero) is 1. The highest BCUT2D eigenvalue weighted by Gasteiger charge is 2.07. The molecule has 0 aliphatic rings. The predicted octanol–water partition coefficient (Wildman–Crippen LogP) is 2.83. The summed E-state index contributed by atoms with van der Waals surface area (Å²) in [6.07, 6.45) is 0. The van der Waals surface area contributed by atoms with Crippen molar-refractivity contribution in [2.45, 2.75) is 0 Å². The smallest absolute Gasteiger partial charge is 0.319 e. The van der Waals surface area contributed by atoms with Gasteiger partial charge in [0.25, 0.3) is 0 Å². The maximum Gasteiger partial charge on any atom is 0.319 e. The van der Waals surface area contributed by atoms with Gasteiger partial charge in [-0.15, -0.1) is 0 Å². The minimum Gasteiger partial charge on any atom is -0.330 e. The summed E-state index contributed by atoms with van der Waals surface area (Å²) in [4.78, 5) is 23.3. The molecule has 0 aliphatic carbocycles. The number of hydrogen-bond donors (Lipinski definition) is 2. The number of rotatable bonds is 4. The second kappa shape index (κ2) is 6.47. The lowest BCUT2D eigenvalue weighted by Gasteiger charge is -2.07. The summed E-state index contributed by atoms with van der Waals surface area (Å²) in [5.74, 6) is -0.636. The number of carbonyl (C=O) groups excluding carboxylic acids is 2. The fourth-order valence-electron chi connectivity index (χ4n) is 1.63. The lowest BCUT2D eigenvalue weighted by Crippen LogP contribution is -2.33. The van der Waals surface area contributed by atoms with Crippen LogP contribution in [0.25, 0.3) is 0 Å². The Labute approximate surface area is 115 Å². The van der Waals surface area contributed by atoms with Gasteiger partial charge in [-0.1, -0.05) is 36.4 Å². The van der Waals surface area contributed by atoms with E-state index in [-0.39, 0.29) is 12.3 Å². The summed E-state index contributed by atoms with van der Waals surface area (Å²) in [5, 5.41) is 4.87. The van der Waals surface area contributed by atoms with E-state index in [0.717, 1.165) is 0 Å². The monoisotopic (exact) mass is 272 g/mol. The Morgan fingerprint density at radius 1 is 1.00 bits per heavy atom. The molecule has 0 aromatic heterocycles. The highest BCUT2D eigenvalue weighted by Crippen LogP contribution is 2.08. The predicted molar refractivity (Wildman–Crippen MR) is 74.2 cm³/mol. The minimum absolute atomic E-state index is 0.120. The highest BCUT2D eigenvalue weighted by molar-refractivity contribution is 6.00. The van der Waals surface area contributed by atoms with Gasteiger partial charge in [0, 0.05) is 11.3 Å². The third-order valence-corrected chi connectivity index (χ3v) is 2.59. The van der Waals surface area contributed by atoms with E-state index in [2.05, 4.69) is 10.6 Å². The van der Waals surface area contributed by atoms with Gasteiger partial charge in [-0.2, -0.15) is 0 Å². The molecule has 0 fully saturated rings. The normalized spacial score (nSPS) is 9.85. The SMILES string of the molecule is O=C(NCC(=O)c1ccccc1)Nc1cccc(F)c1. The number of anilines is 1. The van der Waals surface area contributed by atoms with Crippen molar-refractivity contribution in [1.29, 1.82) is 0 Å². The van der Waals surface area contributed by atoms with Gasteiger partial charge in [0.1, 0.15) is 5.82 Å².